The predicted octanol–water partition coefficient (Wildman–Crippen LogP) is 3.26. The first-order valence-corrected chi connectivity index (χ1v) is 5.49. The van der Waals surface area contributed by atoms with Crippen molar-refractivity contribution in [2.75, 3.05) is 6.54 Å². The van der Waals surface area contributed by atoms with E-state index in [2.05, 4.69) is 53.3 Å². The summed E-state index contributed by atoms with van der Waals surface area (Å²) in [4.78, 5) is 0. The molecule has 0 amide bonds. The Bertz CT molecular complexity index is 271. The Hall–Kier alpha value is -0.340. The van der Waals surface area contributed by atoms with Gasteiger partial charge in [-0.1, -0.05) is 35.0 Å². The SMILES string of the molecule is CCCNCc1cccc(Br)c1C. The quantitative estimate of drug-likeness (QED) is 0.799. The molecule has 0 atom stereocenters. The molecular formula is C11H16BrN. The zero-order valence-electron chi connectivity index (χ0n) is 8.23. The highest BCUT2D eigenvalue weighted by Gasteiger charge is 1.99. The Morgan fingerprint density at radius 2 is 2.15 bits per heavy atom. The molecule has 0 radical (unpaired) electrons. The van der Waals surface area contributed by atoms with Gasteiger partial charge in [0, 0.05) is 11.0 Å². The van der Waals surface area contributed by atoms with Crippen LogP contribution in [0.15, 0.2) is 22.7 Å². The molecule has 1 aromatic rings. The summed E-state index contributed by atoms with van der Waals surface area (Å²) in [5, 5.41) is 3.40. The van der Waals surface area contributed by atoms with Gasteiger partial charge in [-0.2, -0.15) is 0 Å². The molecule has 0 aliphatic carbocycles. The molecular weight excluding hydrogens is 226 g/mol. The van der Waals surface area contributed by atoms with Gasteiger partial charge >= 0.3 is 0 Å². The lowest BCUT2D eigenvalue weighted by Gasteiger charge is -2.07. The topological polar surface area (TPSA) is 12.0 Å². The highest BCUT2D eigenvalue weighted by Crippen LogP contribution is 2.18. The molecule has 0 bridgehead atoms. The van der Waals surface area contributed by atoms with E-state index in [0.717, 1.165) is 13.1 Å². The van der Waals surface area contributed by atoms with Crippen LogP contribution in [0.4, 0.5) is 0 Å². The summed E-state index contributed by atoms with van der Waals surface area (Å²) < 4.78 is 1.20. The molecule has 0 aliphatic rings. The van der Waals surface area contributed by atoms with E-state index in [1.165, 1.54) is 22.0 Å². The van der Waals surface area contributed by atoms with E-state index in [0.29, 0.717) is 0 Å². The second-order valence-corrected chi connectivity index (χ2v) is 4.06. The zero-order chi connectivity index (χ0) is 9.68. The fourth-order valence-electron chi connectivity index (χ4n) is 1.24. The summed E-state index contributed by atoms with van der Waals surface area (Å²) in [6, 6.07) is 6.33. The molecule has 0 unspecified atom stereocenters. The van der Waals surface area contributed by atoms with Gasteiger partial charge in [0.1, 0.15) is 0 Å². The van der Waals surface area contributed by atoms with Gasteiger partial charge in [0.15, 0.2) is 0 Å². The van der Waals surface area contributed by atoms with Crippen molar-refractivity contribution in [3.05, 3.63) is 33.8 Å². The molecule has 0 fully saturated rings. The van der Waals surface area contributed by atoms with Crippen LogP contribution in [0.2, 0.25) is 0 Å². The van der Waals surface area contributed by atoms with Gasteiger partial charge in [-0.15, -0.1) is 0 Å². The fourth-order valence-corrected chi connectivity index (χ4v) is 1.65. The van der Waals surface area contributed by atoms with Crippen LogP contribution in [0.25, 0.3) is 0 Å². The van der Waals surface area contributed by atoms with Crippen LogP contribution in [0.1, 0.15) is 24.5 Å². The average Bonchev–Trinajstić information content (AvgIpc) is 2.13. The lowest BCUT2D eigenvalue weighted by molar-refractivity contribution is 0.673. The molecule has 0 heterocycles. The Morgan fingerprint density at radius 1 is 1.38 bits per heavy atom. The largest absolute Gasteiger partial charge is 0.313 e. The van der Waals surface area contributed by atoms with E-state index in [4.69, 9.17) is 0 Å². The van der Waals surface area contributed by atoms with Crippen molar-refractivity contribution in [2.24, 2.45) is 0 Å². The summed E-state index contributed by atoms with van der Waals surface area (Å²) in [5.74, 6) is 0. The Morgan fingerprint density at radius 3 is 2.85 bits per heavy atom. The minimum Gasteiger partial charge on any atom is -0.313 e. The van der Waals surface area contributed by atoms with Crippen molar-refractivity contribution < 1.29 is 0 Å². The second kappa shape index (κ2) is 5.40. The Kier molecular flexibility index (Phi) is 4.46. The number of halogens is 1. The summed E-state index contributed by atoms with van der Waals surface area (Å²) in [5.41, 5.74) is 2.72. The number of rotatable bonds is 4. The zero-order valence-corrected chi connectivity index (χ0v) is 9.82. The molecule has 0 spiro atoms. The summed E-state index contributed by atoms with van der Waals surface area (Å²) in [7, 11) is 0. The standard InChI is InChI=1S/C11H16BrN/c1-3-7-13-8-10-5-4-6-11(12)9(10)2/h4-6,13H,3,7-8H2,1-2H3. The molecule has 0 saturated heterocycles. The fraction of sp³-hybridized carbons (Fsp3) is 0.455. The summed E-state index contributed by atoms with van der Waals surface area (Å²) in [6.45, 7) is 6.39. The molecule has 13 heavy (non-hydrogen) atoms. The third-order valence-corrected chi connectivity index (χ3v) is 2.98. The van der Waals surface area contributed by atoms with Crippen LogP contribution in [0.3, 0.4) is 0 Å². The van der Waals surface area contributed by atoms with Crippen molar-refractivity contribution >= 4 is 15.9 Å². The van der Waals surface area contributed by atoms with Gasteiger partial charge < -0.3 is 5.32 Å². The molecule has 1 aromatic carbocycles. The maximum Gasteiger partial charge on any atom is 0.0208 e. The molecule has 0 aromatic heterocycles. The van der Waals surface area contributed by atoms with E-state index >= 15 is 0 Å². The van der Waals surface area contributed by atoms with Gasteiger partial charge in [-0.3, -0.25) is 0 Å². The maximum absolute atomic E-state index is 3.53. The highest BCUT2D eigenvalue weighted by molar-refractivity contribution is 9.10. The van der Waals surface area contributed by atoms with Crippen molar-refractivity contribution in [1.29, 1.82) is 0 Å². The molecule has 0 aliphatic heterocycles. The van der Waals surface area contributed by atoms with Gasteiger partial charge in [0.2, 0.25) is 0 Å². The average molecular weight is 242 g/mol. The number of hydrogen-bond donors (Lipinski definition) is 1. The van der Waals surface area contributed by atoms with Gasteiger partial charge in [-0.05, 0) is 37.1 Å². The van der Waals surface area contributed by atoms with E-state index in [-0.39, 0.29) is 0 Å². The predicted molar refractivity (Wildman–Crippen MR) is 60.9 cm³/mol. The lowest BCUT2D eigenvalue weighted by atomic mass is 10.1. The first kappa shape index (κ1) is 10.7. The van der Waals surface area contributed by atoms with E-state index in [9.17, 15) is 0 Å². The first-order chi connectivity index (χ1) is 6.25. The molecule has 72 valence electrons. The van der Waals surface area contributed by atoms with Gasteiger partial charge in [-0.25, -0.2) is 0 Å². The molecule has 0 saturated carbocycles. The third-order valence-electron chi connectivity index (χ3n) is 2.12. The summed E-state index contributed by atoms with van der Waals surface area (Å²) >= 11 is 3.53. The van der Waals surface area contributed by atoms with Crippen LogP contribution in [0.5, 0.6) is 0 Å². The third kappa shape index (κ3) is 3.12. The van der Waals surface area contributed by atoms with Crippen molar-refractivity contribution in [3.8, 4) is 0 Å². The molecule has 1 rings (SSSR count). The maximum atomic E-state index is 3.53. The minimum atomic E-state index is 0.971. The number of nitrogens with one attached hydrogen (secondary N) is 1. The summed E-state index contributed by atoms with van der Waals surface area (Å²) in [6.07, 6.45) is 1.19. The van der Waals surface area contributed by atoms with Crippen LogP contribution < -0.4 is 5.32 Å². The van der Waals surface area contributed by atoms with E-state index < -0.39 is 0 Å². The molecule has 1 N–H and O–H groups in total. The van der Waals surface area contributed by atoms with Crippen LogP contribution >= 0.6 is 15.9 Å². The lowest BCUT2D eigenvalue weighted by Crippen LogP contribution is -2.14. The van der Waals surface area contributed by atoms with Crippen molar-refractivity contribution in [1.82, 2.24) is 5.32 Å². The van der Waals surface area contributed by atoms with Crippen LogP contribution in [0, 0.1) is 6.92 Å². The van der Waals surface area contributed by atoms with E-state index in [1.807, 2.05) is 0 Å². The first-order valence-electron chi connectivity index (χ1n) is 4.70. The Balaban J connectivity index is 2.61. The second-order valence-electron chi connectivity index (χ2n) is 3.20. The number of benzene rings is 1. The molecule has 2 heteroatoms. The van der Waals surface area contributed by atoms with Gasteiger partial charge in [0.05, 0.1) is 0 Å². The van der Waals surface area contributed by atoms with Crippen LogP contribution in [-0.2, 0) is 6.54 Å². The van der Waals surface area contributed by atoms with E-state index in [1.54, 1.807) is 0 Å². The Labute approximate surface area is 88.7 Å². The van der Waals surface area contributed by atoms with Crippen molar-refractivity contribution in [2.45, 2.75) is 26.8 Å². The van der Waals surface area contributed by atoms with Crippen molar-refractivity contribution in [3.63, 3.8) is 0 Å². The minimum absolute atomic E-state index is 0.971. The van der Waals surface area contributed by atoms with Crippen LogP contribution in [-0.4, -0.2) is 6.54 Å². The smallest absolute Gasteiger partial charge is 0.0208 e. The molecule has 1 nitrogen and oxygen atoms in total. The highest BCUT2D eigenvalue weighted by atomic mass is 79.9. The monoisotopic (exact) mass is 241 g/mol. The number of hydrogen-bond acceptors (Lipinski definition) is 1. The normalized spacial score (nSPS) is 10.4. The van der Waals surface area contributed by atoms with Gasteiger partial charge in [0.25, 0.3) is 0 Å².